The fourth-order valence-corrected chi connectivity index (χ4v) is 5.10. The molecule has 0 radical (unpaired) electrons. The van der Waals surface area contributed by atoms with Crippen molar-refractivity contribution in [3.8, 4) is 0 Å². The quantitative estimate of drug-likeness (QED) is 0.526. The molecule has 2 heterocycles. The van der Waals surface area contributed by atoms with Crippen molar-refractivity contribution in [1.82, 2.24) is 25.3 Å². The summed E-state index contributed by atoms with van der Waals surface area (Å²) in [4.78, 5) is 7.12. The Kier molecular flexibility index (Phi) is 8.17. The molecule has 1 aromatic heterocycles. The highest BCUT2D eigenvalue weighted by atomic mass is 16.5. The number of ether oxygens (including phenoxy) is 1. The summed E-state index contributed by atoms with van der Waals surface area (Å²) in [6.07, 6.45) is 7.61. The average molecular weight is 419 g/mol. The van der Waals surface area contributed by atoms with Gasteiger partial charge in [0.1, 0.15) is 0 Å². The van der Waals surface area contributed by atoms with E-state index in [-0.39, 0.29) is 0 Å². The van der Waals surface area contributed by atoms with E-state index < -0.39 is 0 Å². The van der Waals surface area contributed by atoms with E-state index in [4.69, 9.17) is 4.74 Å². The molecule has 2 N–H and O–H groups in total. The van der Waals surface area contributed by atoms with E-state index in [0.717, 1.165) is 50.9 Å². The Morgan fingerprint density at radius 1 is 1.20 bits per heavy atom. The summed E-state index contributed by atoms with van der Waals surface area (Å²) in [6, 6.07) is 0.291. The molecule has 0 amide bonds. The monoisotopic (exact) mass is 418 g/mol. The number of rotatable bonds is 7. The first-order valence-electron chi connectivity index (χ1n) is 11.7. The second kappa shape index (κ2) is 10.6. The van der Waals surface area contributed by atoms with Crippen LogP contribution in [0.25, 0.3) is 0 Å². The Labute approximate surface area is 182 Å². The number of nitrogens with one attached hydrogen (secondary N) is 2. The molecule has 1 atom stereocenters. The lowest BCUT2D eigenvalue weighted by Crippen LogP contribution is -2.52. The van der Waals surface area contributed by atoms with Gasteiger partial charge in [0.25, 0.3) is 0 Å². The molecule has 0 aromatic carbocycles. The number of morpholine rings is 1. The molecular formula is C23H42N6O. The summed E-state index contributed by atoms with van der Waals surface area (Å²) in [6.45, 7) is 12.5. The van der Waals surface area contributed by atoms with E-state index in [2.05, 4.69) is 46.4 Å². The Hall–Kier alpha value is -1.60. The summed E-state index contributed by atoms with van der Waals surface area (Å²) in [5, 5.41) is 11.8. The van der Waals surface area contributed by atoms with E-state index in [9.17, 15) is 0 Å². The Bertz CT molecular complexity index is 701. The molecule has 1 aliphatic carbocycles. The van der Waals surface area contributed by atoms with Crippen LogP contribution in [0.15, 0.2) is 4.99 Å². The van der Waals surface area contributed by atoms with Gasteiger partial charge in [-0.05, 0) is 45.6 Å². The molecular weight excluding hydrogens is 376 g/mol. The maximum atomic E-state index is 5.56. The Morgan fingerprint density at radius 3 is 2.50 bits per heavy atom. The predicted molar refractivity (Wildman–Crippen MR) is 123 cm³/mol. The van der Waals surface area contributed by atoms with Gasteiger partial charge < -0.3 is 15.4 Å². The molecule has 30 heavy (non-hydrogen) atoms. The SMILES string of the molecule is CN=C(NCC1(CN2CCOCC2)CCCCC1)NC(C)Cc1c(C)nn(C)c1C. The second-order valence-corrected chi connectivity index (χ2v) is 9.40. The zero-order valence-corrected chi connectivity index (χ0v) is 19.8. The van der Waals surface area contributed by atoms with Crippen LogP contribution in [-0.2, 0) is 18.2 Å². The summed E-state index contributed by atoms with van der Waals surface area (Å²) >= 11 is 0. The number of aryl methyl sites for hydroxylation is 2. The molecule has 1 saturated carbocycles. The first-order chi connectivity index (χ1) is 14.4. The minimum Gasteiger partial charge on any atom is -0.379 e. The molecule has 1 unspecified atom stereocenters. The van der Waals surface area contributed by atoms with Gasteiger partial charge >= 0.3 is 0 Å². The van der Waals surface area contributed by atoms with Crippen molar-refractivity contribution >= 4 is 5.96 Å². The van der Waals surface area contributed by atoms with Crippen molar-refractivity contribution < 1.29 is 4.74 Å². The molecule has 2 aliphatic rings. The van der Waals surface area contributed by atoms with E-state index >= 15 is 0 Å². The molecule has 2 fully saturated rings. The number of nitrogens with zero attached hydrogens (tertiary/aromatic N) is 4. The van der Waals surface area contributed by atoms with Crippen LogP contribution in [0, 0.1) is 19.3 Å². The zero-order chi connectivity index (χ0) is 21.6. The maximum Gasteiger partial charge on any atom is 0.191 e. The van der Waals surface area contributed by atoms with Gasteiger partial charge in [0.05, 0.1) is 18.9 Å². The first kappa shape index (κ1) is 23.1. The van der Waals surface area contributed by atoms with Crippen LogP contribution in [0.5, 0.6) is 0 Å². The number of aliphatic imine (C=N–C) groups is 1. The van der Waals surface area contributed by atoms with Crippen LogP contribution in [0.1, 0.15) is 56.0 Å². The number of guanidine groups is 1. The second-order valence-electron chi connectivity index (χ2n) is 9.40. The van der Waals surface area contributed by atoms with Crippen LogP contribution < -0.4 is 10.6 Å². The summed E-state index contributed by atoms with van der Waals surface area (Å²) in [7, 11) is 3.89. The van der Waals surface area contributed by atoms with E-state index in [1.807, 2.05) is 18.8 Å². The molecule has 3 rings (SSSR count). The number of hydrogen-bond donors (Lipinski definition) is 2. The molecule has 7 nitrogen and oxygen atoms in total. The van der Waals surface area contributed by atoms with E-state index in [0.29, 0.717) is 11.5 Å². The van der Waals surface area contributed by atoms with Gasteiger partial charge in [-0.3, -0.25) is 14.6 Å². The minimum absolute atomic E-state index is 0.291. The highest BCUT2D eigenvalue weighted by molar-refractivity contribution is 5.80. The topological polar surface area (TPSA) is 66.7 Å². The first-order valence-corrected chi connectivity index (χ1v) is 11.7. The molecule has 1 aliphatic heterocycles. The number of hydrogen-bond acceptors (Lipinski definition) is 4. The lowest BCUT2D eigenvalue weighted by Gasteiger charge is -2.42. The molecule has 0 spiro atoms. The third-order valence-electron chi connectivity index (χ3n) is 6.98. The highest BCUT2D eigenvalue weighted by Gasteiger charge is 2.34. The van der Waals surface area contributed by atoms with E-state index in [1.165, 1.54) is 49.9 Å². The van der Waals surface area contributed by atoms with Crippen molar-refractivity contribution in [3.63, 3.8) is 0 Å². The standard InChI is InChI=1S/C23H42N6O/c1-18(15-21-19(2)27-28(5)20(21)3)26-22(24-4)25-16-23(9-7-6-8-10-23)17-29-11-13-30-14-12-29/h18H,6-17H2,1-5H3,(H2,24,25,26). The molecule has 7 heteroatoms. The number of aromatic nitrogens is 2. The normalized spacial score (nSPS) is 21.4. The predicted octanol–water partition coefficient (Wildman–Crippen LogP) is 2.42. The van der Waals surface area contributed by atoms with Crippen LogP contribution >= 0.6 is 0 Å². The van der Waals surface area contributed by atoms with Crippen molar-refractivity contribution in [3.05, 3.63) is 17.0 Å². The van der Waals surface area contributed by atoms with Crippen LogP contribution in [0.3, 0.4) is 0 Å². The lowest BCUT2D eigenvalue weighted by atomic mass is 9.73. The summed E-state index contributed by atoms with van der Waals surface area (Å²) in [5.74, 6) is 0.911. The molecule has 1 saturated heterocycles. The Morgan fingerprint density at radius 2 is 1.90 bits per heavy atom. The Balaban J connectivity index is 1.56. The highest BCUT2D eigenvalue weighted by Crippen LogP contribution is 2.36. The van der Waals surface area contributed by atoms with Gasteiger partial charge in [-0.1, -0.05) is 19.3 Å². The molecule has 0 bridgehead atoms. The van der Waals surface area contributed by atoms with Crippen LogP contribution in [-0.4, -0.2) is 73.1 Å². The summed E-state index contributed by atoms with van der Waals surface area (Å²) in [5.41, 5.74) is 4.05. The van der Waals surface area contributed by atoms with Gasteiger partial charge in [0.15, 0.2) is 5.96 Å². The maximum absolute atomic E-state index is 5.56. The van der Waals surface area contributed by atoms with Gasteiger partial charge in [0.2, 0.25) is 0 Å². The largest absolute Gasteiger partial charge is 0.379 e. The van der Waals surface area contributed by atoms with Gasteiger partial charge in [-0.25, -0.2) is 0 Å². The van der Waals surface area contributed by atoms with Crippen LogP contribution in [0.2, 0.25) is 0 Å². The summed E-state index contributed by atoms with van der Waals surface area (Å²) < 4.78 is 7.53. The van der Waals surface area contributed by atoms with Crippen molar-refractivity contribution in [1.29, 1.82) is 0 Å². The van der Waals surface area contributed by atoms with Crippen molar-refractivity contribution in [2.24, 2.45) is 17.5 Å². The smallest absolute Gasteiger partial charge is 0.191 e. The van der Waals surface area contributed by atoms with Gasteiger partial charge in [0, 0.05) is 57.4 Å². The minimum atomic E-state index is 0.291. The third-order valence-corrected chi connectivity index (χ3v) is 6.98. The van der Waals surface area contributed by atoms with Crippen molar-refractivity contribution in [2.45, 2.75) is 65.3 Å². The van der Waals surface area contributed by atoms with Gasteiger partial charge in [-0.15, -0.1) is 0 Å². The van der Waals surface area contributed by atoms with Crippen molar-refractivity contribution in [2.75, 3.05) is 46.4 Å². The molecule has 170 valence electrons. The van der Waals surface area contributed by atoms with E-state index in [1.54, 1.807) is 0 Å². The fourth-order valence-electron chi connectivity index (χ4n) is 5.10. The molecule has 1 aromatic rings. The van der Waals surface area contributed by atoms with Crippen LogP contribution in [0.4, 0.5) is 0 Å². The lowest BCUT2D eigenvalue weighted by molar-refractivity contribution is 0.00819. The average Bonchev–Trinajstić information content (AvgIpc) is 2.98. The zero-order valence-electron chi connectivity index (χ0n) is 19.8. The fraction of sp³-hybridized carbons (Fsp3) is 0.826. The van der Waals surface area contributed by atoms with Gasteiger partial charge in [-0.2, -0.15) is 5.10 Å². The third kappa shape index (κ3) is 5.97.